The lowest BCUT2D eigenvalue weighted by molar-refractivity contribution is -0.0271. The molecule has 196 valence electrons. The van der Waals surface area contributed by atoms with Gasteiger partial charge >= 0.3 is 0 Å². The number of ether oxygens (including phenoxy) is 3. The first-order valence-corrected chi connectivity index (χ1v) is 13.8. The van der Waals surface area contributed by atoms with Crippen LogP contribution < -0.4 is 15.4 Å². The second-order valence-electron chi connectivity index (χ2n) is 10.2. The summed E-state index contributed by atoms with van der Waals surface area (Å²) in [6.45, 7) is 7.12. The molecule has 2 heterocycles. The molecule has 1 fully saturated rings. The third kappa shape index (κ3) is 7.13. The van der Waals surface area contributed by atoms with Gasteiger partial charge in [0.1, 0.15) is 5.75 Å². The Morgan fingerprint density at radius 1 is 0.946 bits per heavy atom. The zero-order chi connectivity index (χ0) is 25.3. The van der Waals surface area contributed by atoms with Crippen molar-refractivity contribution in [2.24, 2.45) is 0 Å². The molecular weight excluding hydrogens is 460 g/mol. The second kappa shape index (κ2) is 13.1. The molecule has 5 heteroatoms. The summed E-state index contributed by atoms with van der Waals surface area (Å²) in [6.07, 6.45) is 4.50. The fourth-order valence-electron chi connectivity index (χ4n) is 5.35. The number of hydrogen-bond donors (Lipinski definition) is 2. The Morgan fingerprint density at radius 2 is 1.81 bits per heavy atom. The van der Waals surface area contributed by atoms with Crippen LogP contribution in [0.4, 0.5) is 5.69 Å². The van der Waals surface area contributed by atoms with Gasteiger partial charge in [-0.3, -0.25) is 0 Å². The van der Waals surface area contributed by atoms with Crippen LogP contribution >= 0.6 is 0 Å². The van der Waals surface area contributed by atoms with Crippen molar-refractivity contribution in [3.63, 3.8) is 0 Å². The van der Waals surface area contributed by atoms with Crippen molar-refractivity contribution < 1.29 is 14.2 Å². The number of nitrogens with one attached hydrogen (secondary N) is 2. The highest BCUT2D eigenvalue weighted by molar-refractivity contribution is 5.55. The molecule has 2 aliphatic heterocycles. The summed E-state index contributed by atoms with van der Waals surface area (Å²) in [6, 6.07) is 25.7. The van der Waals surface area contributed by atoms with Crippen LogP contribution in [0.25, 0.3) is 0 Å². The second-order valence-corrected chi connectivity index (χ2v) is 10.2. The first kappa shape index (κ1) is 25.8. The molecule has 0 aliphatic carbocycles. The maximum absolute atomic E-state index is 6.66. The van der Waals surface area contributed by atoms with Crippen LogP contribution in [0.1, 0.15) is 60.5 Å². The summed E-state index contributed by atoms with van der Waals surface area (Å²) in [5.41, 5.74) is 6.46. The number of hydrogen-bond acceptors (Lipinski definition) is 5. The Bertz CT molecular complexity index is 1100. The van der Waals surface area contributed by atoms with Gasteiger partial charge in [0, 0.05) is 31.1 Å². The van der Waals surface area contributed by atoms with Gasteiger partial charge in [0.05, 0.1) is 32.0 Å². The molecule has 3 aromatic rings. The van der Waals surface area contributed by atoms with E-state index in [1.165, 1.54) is 34.4 Å². The molecule has 0 bridgehead atoms. The largest absolute Gasteiger partial charge is 0.494 e. The van der Waals surface area contributed by atoms with Crippen LogP contribution in [0.15, 0.2) is 72.8 Å². The van der Waals surface area contributed by atoms with E-state index in [4.69, 9.17) is 14.2 Å². The summed E-state index contributed by atoms with van der Waals surface area (Å²) in [5, 5.41) is 7.08. The normalized spacial score (nSPS) is 20.0. The summed E-state index contributed by atoms with van der Waals surface area (Å²) < 4.78 is 18.4. The van der Waals surface area contributed by atoms with Crippen molar-refractivity contribution in [3.8, 4) is 5.75 Å². The van der Waals surface area contributed by atoms with E-state index >= 15 is 0 Å². The Kier molecular flexibility index (Phi) is 9.12. The predicted molar refractivity (Wildman–Crippen MR) is 149 cm³/mol. The molecule has 0 saturated carbocycles. The SMILES string of the molecule is CC(OC1CNCCC1c1ccc(OCCCOCc2ccccc2)cc1)c1ccc2c(c1)NCCC2. The number of piperidine rings is 1. The van der Waals surface area contributed by atoms with Gasteiger partial charge < -0.3 is 24.8 Å². The minimum Gasteiger partial charge on any atom is -0.494 e. The Labute approximate surface area is 221 Å². The topological polar surface area (TPSA) is 51.8 Å². The van der Waals surface area contributed by atoms with Crippen molar-refractivity contribution >= 4 is 5.69 Å². The van der Waals surface area contributed by atoms with Crippen LogP contribution in [0, 0.1) is 0 Å². The van der Waals surface area contributed by atoms with Crippen molar-refractivity contribution in [2.75, 3.05) is 38.2 Å². The van der Waals surface area contributed by atoms with Gasteiger partial charge in [-0.05, 0) is 73.2 Å². The highest BCUT2D eigenvalue weighted by Crippen LogP contribution is 2.34. The maximum atomic E-state index is 6.66. The molecule has 1 saturated heterocycles. The minimum atomic E-state index is 0.0492. The van der Waals surface area contributed by atoms with Gasteiger partial charge in [0.25, 0.3) is 0 Å². The maximum Gasteiger partial charge on any atom is 0.119 e. The fourth-order valence-corrected chi connectivity index (χ4v) is 5.35. The third-order valence-corrected chi connectivity index (χ3v) is 7.47. The molecule has 0 radical (unpaired) electrons. The van der Waals surface area contributed by atoms with Gasteiger partial charge in [0.15, 0.2) is 0 Å². The van der Waals surface area contributed by atoms with E-state index in [-0.39, 0.29) is 12.2 Å². The molecule has 5 nitrogen and oxygen atoms in total. The van der Waals surface area contributed by atoms with Crippen LogP contribution in [-0.4, -0.2) is 39.0 Å². The molecule has 3 atom stereocenters. The van der Waals surface area contributed by atoms with E-state index < -0.39 is 0 Å². The summed E-state index contributed by atoms with van der Waals surface area (Å²) in [5.74, 6) is 1.29. The number of aryl methyl sites for hydroxylation is 1. The first-order valence-electron chi connectivity index (χ1n) is 13.8. The monoisotopic (exact) mass is 500 g/mol. The predicted octanol–water partition coefficient (Wildman–Crippen LogP) is 6.25. The number of fused-ring (bicyclic) bond motifs is 1. The van der Waals surface area contributed by atoms with Gasteiger partial charge in [-0.15, -0.1) is 0 Å². The van der Waals surface area contributed by atoms with E-state index in [9.17, 15) is 0 Å². The number of benzene rings is 3. The standard InChI is InChI=1S/C32H40N2O3/c1-24(28-11-10-27-9-5-17-34-31(27)21-28)37-32-22-33-18-16-30(32)26-12-14-29(15-13-26)36-20-6-19-35-23-25-7-3-2-4-8-25/h2-4,7-8,10-15,21,24,30,32-34H,5-6,9,16-20,22-23H2,1H3. The molecule has 2 N–H and O–H groups in total. The highest BCUT2D eigenvalue weighted by atomic mass is 16.5. The molecule has 5 rings (SSSR count). The Balaban J connectivity index is 1.10. The average molecular weight is 501 g/mol. The van der Waals surface area contributed by atoms with Gasteiger partial charge in [0.2, 0.25) is 0 Å². The molecule has 0 amide bonds. The molecule has 0 spiro atoms. The Morgan fingerprint density at radius 3 is 2.68 bits per heavy atom. The molecule has 3 unspecified atom stereocenters. The zero-order valence-electron chi connectivity index (χ0n) is 22.0. The lowest BCUT2D eigenvalue weighted by Gasteiger charge is -2.35. The quantitative estimate of drug-likeness (QED) is 0.305. The summed E-state index contributed by atoms with van der Waals surface area (Å²) >= 11 is 0. The molecule has 2 aliphatic rings. The van der Waals surface area contributed by atoms with Gasteiger partial charge in [-0.2, -0.15) is 0 Å². The molecule has 37 heavy (non-hydrogen) atoms. The third-order valence-electron chi connectivity index (χ3n) is 7.47. The van der Waals surface area contributed by atoms with E-state index in [0.29, 0.717) is 25.7 Å². The van der Waals surface area contributed by atoms with Crippen LogP contribution in [0.3, 0.4) is 0 Å². The van der Waals surface area contributed by atoms with Crippen LogP contribution in [0.2, 0.25) is 0 Å². The number of rotatable bonds is 11. The van der Waals surface area contributed by atoms with Crippen molar-refractivity contribution in [2.45, 2.75) is 57.3 Å². The van der Waals surface area contributed by atoms with Crippen LogP contribution in [-0.2, 0) is 22.5 Å². The zero-order valence-corrected chi connectivity index (χ0v) is 22.0. The van der Waals surface area contributed by atoms with E-state index in [0.717, 1.165) is 44.6 Å². The summed E-state index contributed by atoms with van der Waals surface area (Å²) in [4.78, 5) is 0. The molecule has 0 aromatic heterocycles. The van der Waals surface area contributed by atoms with Crippen LogP contribution in [0.5, 0.6) is 5.75 Å². The van der Waals surface area contributed by atoms with Gasteiger partial charge in [-0.1, -0.05) is 54.6 Å². The van der Waals surface area contributed by atoms with Crippen molar-refractivity contribution in [1.29, 1.82) is 0 Å². The van der Waals surface area contributed by atoms with E-state index in [2.05, 4.69) is 72.2 Å². The first-order chi connectivity index (χ1) is 18.3. The summed E-state index contributed by atoms with van der Waals surface area (Å²) in [7, 11) is 0. The minimum absolute atomic E-state index is 0.0492. The molecular formula is C32H40N2O3. The van der Waals surface area contributed by atoms with Crippen molar-refractivity contribution in [3.05, 3.63) is 95.1 Å². The highest BCUT2D eigenvalue weighted by Gasteiger charge is 2.29. The van der Waals surface area contributed by atoms with Crippen molar-refractivity contribution in [1.82, 2.24) is 5.32 Å². The molecule has 3 aromatic carbocycles. The lowest BCUT2D eigenvalue weighted by atomic mass is 9.87. The van der Waals surface area contributed by atoms with E-state index in [1.807, 2.05) is 18.2 Å². The lowest BCUT2D eigenvalue weighted by Crippen LogP contribution is -2.41. The van der Waals surface area contributed by atoms with E-state index in [1.54, 1.807) is 0 Å². The Hall–Kier alpha value is -2.86. The average Bonchev–Trinajstić information content (AvgIpc) is 2.96. The number of anilines is 1. The smallest absolute Gasteiger partial charge is 0.119 e. The fraction of sp³-hybridized carbons (Fsp3) is 0.438. The van der Waals surface area contributed by atoms with Gasteiger partial charge in [-0.25, -0.2) is 0 Å².